The van der Waals surface area contributed by atoms with Crippen LogP contribution in [0.2, 0.25) is 0 Å². The highest BCUT2D eigenvalue weighted by Crippen LogP contribution is 2.14. The molecular formula is C11H18N4O2. The van der Waals surface area contributed by atoms with Crippen LogP contribution in [-0.4, -0.2) is 35.9 Å². The molecule has 1 aliphatic heterocycles. The molecule has 1 saturated heterocycles. The van der Waals surface area contributed by atoms with Gasteiger partial charge in [0.1, 0.15) is 0 Å². The molecule has 0 saturated carbocycles. The van der Waals surface area contributed by atoms with E-state index in [1.54, 1.807) is 6.92 Å². The van der Waals surface area contributed by atoms with Crippen LogP contribution in [0.5, 0.6) is 0 Å². The number of nitrogens with one attached hydrogen (secondary N) is 2. The fourth-order valence-corrected chi connectivity index (χ4v) is 1.90. The molecule has 1 atom stereocenters. The van der Waals surface area contributed by atoms with Crippen molar-refractivity contribution in [1.82, 2.24) is 15.5 Å². The number of carbonyl (C=O) groups is 1. The highest BCUT2D eigenvalue weighted by Gasteiger charge is 2.18. The van der Waals surface area contributed by atoms with Gasteiger partial charge in [0.25, 0.3) is 5.91 Å². The van der Waals surface area contributed by atoms with Crippen molar-refractivity contribution in [2.75, 3.05) is 25.5 Å². The predicted octanol–water partition coefficient (Wildman–Crippen LogP) is 0.457. The first kappa shape index (κ1) is 11.9. The smallest absolute Gasteiger partial charge is 0.273 e. The maximum absolute atomic E-state index is 11.8. The lowest BCUT2D eigenvalue weighted by Gasteiger charge is -2.21. The van der Waals surface area contributed by atoms with E-state index in [0.717, 1.165) is 31.7 Å². The minimum absolute atomic E-state index is 0.225. The van der Waals surface area contributed by atoms with Crippen LogP contribution in [0.4, 0.5) is 5.69 Å². The summed E-state index contributed by atoms with van der Waals surface area (Å²) >= 11 is 0. The van der Waals surface area contributed by atoms with Gasteiger partial charge in [0, 0.05) is 13.2 Å². The second-order valence-electron chi connectivity index (χ2n) is 4.40. The molecule has 1 aromatic rings. The zero-order valence-corrected chi connectivity index (χ0v) is 9.95. The van der Waals surface area contributed by atoms with Crippen molar-refractivity contribution in [2.24, 2.45) is 5.92 Å². The van der Waals surface area contributed by atoms with Crippen LogP contribution in [0.1, 0.15) is 29.0 Å². The van der Waals surface area contributed by atoms with E-state index in [4.69, 9.17) is 10.5 Å². The third-order valence-electron chi connectivity index (χ3n) is 3.02. The third-order valence-corrected chi connectivity index (χ3v) is 3.02. The Morgan fingerprint density at radius 2 is 2.53 bits per heavy atom. The van der Waals surface area contributed by atoms with Gasteiger partial charge in [-0.15, -0.1) is 0 Å². The lowest BCUT2D eigenvalue weighted by Crippen LogP contribution is -2.33. The molecule has 0 aromatic carbocycles. The average Bonchev–Trinajstić information content (AvgIpc) is 2.69. The summed E-state index contributed by atoms with van der Waals surface area (Å²) in [7, 11) is 0. The Labute approximate surface area is 99.9 Å². The summed E-state index contributed by atoms with van der Waals surface area (Å²) in [6, 6.07) is 0. The number of hydrogen-bond donors (Lipinski definition) is 3. The van der Waals surface area contributed by atoms with E-state index in [1.165, 1.54) is 0 Å². The molecule has 0 bridgehead atoms. The van der Waals surface area contributed by atoms with Gasteiger partial charge in [-0.2, -0.15) is 5.10 Å². The average molecular weight is 238 g/mol. The topological polar surface area (TPSA) is 93.0 Å². The number of rotatable bonds is 3. The van der Waals surface area contributed by atoms with Crippen LogP contribution >= 0.6 is 0 Å². The summed E-state index contributed by atoms with van der Waals surface area (Å²) < 4.78 is 5.35. The largest absolute Gasteiger partial charge is 0.395 e. The zero-order valence-electron chi connectivity index (χ0n) is 9.95. The van der Waals surface area contributed by atoms with Crippen LogP contribution in [0.15, 0.2) is 0 Å². The van der Waals surface area contributed by atoms with Crippen LogP contribution in [0.25, 0.3) is 0 Å². The van der Waals surface area contributed by atoms with Crippen molar-refractivity contribution in [2.45, 2.75) is 19.8 Å². The Bertz CT molecular complexity index is 396. The molecule has 0 radical (unpaired) electrons. The van der Waals surface area contributed by atoms with E-state index < -0.39 is 0 Å². The Hall–Kier alpha value is -1.56. The standard InChI is InChI=1S/C11H18N4O2/c1-7-9(12)10(15-14-7)11(16)13-5-8-3-2-4-17-6-8/h8H,2-6,12H2,1H3,(H,13,16)(H,14,15). The molecule has 1 fully saturated rings. The lowest BCUT2D eigenvalue weighted by molar-refractivity contribution is 0.0536. The Morgan fingerprint density at radius 1 is 1.71 bits per heavy atom. The number of aryl methyl sites for hydroxylation is 1. The molecule has 6 heteroatoms. The second-order valence-corrected chi connectivity index (χ2v) is 4.40. The van der Waals surface area contributed by atoms with E-state index in [0.29, 0.717) is 18.2 Å². The first-order valence-electron chi connectivity index (χ1n) is 5.85. The molecular weight excluding hydrogens is 220 g/mol. The monoisotopic (exact) mass is 238 g/mol. The molecule has 1 amide bonds. The van der Waals surface area contributed by atoms with Crippen molar-refractivity contribution < 1.29 is 9.53 Å². The molecule has 4 N–H and O–H groups in total. The maximum Gasteiger partial charge on any atom is 0.273 e. The van der Waals surface area contributed by atoms with Gasteiger partial charge in [0.05, 0.1) is 18.0 Å². The van der Waals surface area contributed by atoms with E-state index >= 15 is 0 Å². The minimum atomic E-state index is -0.225. The van der Waals surface area contributed by atoms with Crippen molar-refractivity contribution in [3.63, 3.8) is 0 Å². The van der Waals surface area contributed by atoms with Gasteiger partial charge in [-0.25, -0.2) is 0 Å². The normalized spacial score (nSPS) is 20.2. The molecule has 94 valence electrons. The van der Waals surface area contributed by atoms with Gasteiger partial charge in [0.15, 0.2) is 5.69 Å². The summed E-state index contributed by atoms with van der Waals surface area (Å²) in [6.07, 6.45) is 2.15. The first-order chi connectivity index (χ1) is 8.18. The van der Waals surface area contributed by atoms with Crippen molar-refractivity contribution in [1.29, 1.82) is 0 Å². The first-order valence-corrected chi connectivity index (χ1v) is 5.85. The molecule has 0 spiro atoms. The second kappa shape index (κ2) is 5.18. The Kier molecular flexibility index (Phi) is 3.63. The fourth-order valence-electron chi connectivity index (χ4n) is 1.90. The minimum Gasteiger partial charge on any atom is -0.395 e. The quantitative estimate of drug-likeness (QED) is 0.713. The van der Waals surface area contributed by atoms with Gasteiger partial charge in [-0.1, -0.05) is 0 Å². The van der Waals surface area contributed by atoms with Crippen molar-refractivity contribution >= 4 is 11.6 Å². The number of nitrogens with zero attached hydrogens (tertiary/aromatic N) is 1. The fraction of sp³-hybridized carbons (Fsp3) is 0.636. The molecule has 2 heterocycles. The molecule has 1 aromatic heterocycles. The molecule has 1 unspecified atom stereocenters. The summed E-state index contributed by atoms with van der Waals surface area (Å²) in [5.74, 6) is 0.173. The highest BCUT2D eigenvalue weighted by molar-refractivity contribution is 5.97. The number of ether oxygens (including phenoxy) is 1. The van der Waals surface area contributed by atoms with E-state index in [1.807, 2.05) is 0 Å². The Balaban J connectivity index is 1.86. The van der Waals surface area contributed by atoms with Gasteiger partial charge in [0.2, 0.25) is 0 Å². The number of anilines is 1. The molecule has 2 rings (SSSR count). The summed E-state index contributed by atoms with van der Waals surface area (Å²) in [5.41, 5.74) is 7.15. The SMILES string of the molecule is Cc1[nH]nc(C(=O)NCC2CCCOC2)c1N. The number of nitrogen functional groups attached to an aromatic ring is 1. The van der Waals surface area contributed by atoms with E-state index in [9.17, 15) is 4.79 Å². The van der Waals surface area contributed by atoms with Gasteiger partial charge >= 0.3 is 0 Å². The lowest BCUT2D eigenvalue weighted by atomic mass is 10.0. The molecule has 1 aliphatic rings. The number of aromatic nitrogens is 2. The Morgan fingerprint density at radius 3 is 3.12 bits per heavy atom. The van der Waals surface area contributed by atoms with E-state index in [2.05, 4.69) is 15.5 Å². The summed E-state index contributed by atoms with van der Waals surface area (Å²) in [4.78, 5) is 11.8. The number of aromatic amines is 1. The third kappa shape index (κ3) is 2.76. The van der Waals surface area contributed by atoms with Crippen LogP contribution in [-0.2, 0) is 4.74 Å². The van der Waals surface area contributed by atoms with Crippen LogP contribution < -0.4 is 11.1 Å². The van der Waals surface area contributed by atoms with Gasteiger partial charge in [-0.3, -0.25) is 9.89 Å². The van der Waals surface area contributed by atoms with Crippen LogP contribution in [0, 0.1) is 12.8 Å². The van der Waals surface area contributed by atoms with Crippen molar-refractivity contribution in [3.8, 4) is 0 Å². The molecule has 17 heavy (non-hydrogen) atoms. The molecule has 6 nitrogen and oxygen atoms in total. The van der Waals surface area contributed by atoms with Crippen molar-refractivity contribution in [3.05, 3.63) is 11.4 Å². The van der Waals surface area contributed by atoms with Gasteiger partial charge in [-0.05, 0) is 25.7 Å². The van der Waals surface area contributed by atoms with Crippen LogP contribution in [0.3, 0.4) is 0 Å². The maximum atomic E-state index is 11.8. The van der Waals surface area contributed by atoms with E-state index in [-0.39, 0.29) is 11.6 Å². The predicted molar refractivity (Wildman–Crippen MR) is 63.6 cm³/mol. The number of amides is 1. The summed E-state index contributed by atoms with van der Waals surface area (Å²) in [6.45, 7) is 3.95. The number of hydrogen-bond acceptors (Lipinski definition) is 4. The number of H-pyrrole nitrogens is 1. The number of nitrogens with two attached hydrogens (primary N) is 1. The molecule has 0 aliphatic carbocycles. The zero-order chi connectivity index (χ0) is 12.3. The van der Waals surface area contributed by atoms with Gasteiger partial charge < -0.3 is 15.8 Å². The summed E-state index contributed by atoms with van der Waals surface area (Å²) in [5, 5.41) is 9.42. The highest BCUT2D eigenvalue weighted by atomic mass is 16.5. The number of carbonyl (C=O) groups excluding carboxylic acids is 1.